The summed E-state index contributed by atoms with van der Waals surface area (Å²) in [5, 5.41) is 3.39. The van der Waals surface area contributed by atoms with Gasteiger partial charge in [0.25, 0.3) is 5.56 Å². The number of aromatic amines is 1. The lowest BCUT2D eigenvalue weighted by Crippen LogP contribution is -2.35. The number of aromatic nitrogens is 2. The fourth-order valence-electron chi connectivity index (χ4n) is 2.69. The van der Waals surface area contributed by atoms with Crippen LogP contribution in [0.5, 0.6) is 0 Å². The summed E-state index contributed by atoms with van der Waals surface area (Å²) in [6.45, 7) is 3.07. The Labute approximate surface area is 101 Å². The third kappa shape index (κ3) is 1.48. The van der Waals surface area contributed by atoms with E-state index >= 15 is 0 Å². The average molecular weight is 285 g/mol. The Morgan fingerprint density at radius 2 is 2.38 bits per heavy atom. The minimum atomic E-state index is -0.112. The standard InChI is InChI=1S/C10H13BrN4O/c11-8-9(13-5-14-10(8)16)15-2-1-6-3-12-4-7(6)15/h5-7,12H,1-4H2,(H,13,14,16)/t6-,7+/m0/s1. The fourth-order valence-corrected chi connectivity index (χ4v) is 3.13. The average Bonchev–Trinajstić information content (AvgIpc) is 2.84. The Balaban J connectivity index is 1.98. The number of anilines is 1. The van der Waals surface area contributed by atoms with Gasteiger partial charge in [0, 0.05) is 25.7 Å². The lowest BCUT2D eigenvalue weighted by atomic mass is 10.1. The van der Waals surface area contributed by atoms with Crippen molar-refractivity contribution in [1.29, 1.82) is 0 Å². The van der Waals surface area contributed by atoms with Gasteiger partial charge in [0.15, 0.2) is 5.82 Å². The first-order valence-electron chi connectivity index (χ1n) is 5.48. The number of hydrogen-bond donors (Lipinski definition) is 2. The number of nitrogens with one attached hydrogen (secondary N) is 2. The van der Waals surface area contributed by atoms with Crippen molar-refractivity contribution in [3.8, 4) is 0 Å². The third-order valence-electron chi connectivity index (χ3n) is 3.50. The third-order valence-corrected chi connectivity index (χ3v) is 4.21. The van der Waals surface area contributed by atoms with E-state index in [9.17, 15) is 4.79 Å². The molecule has 0 aliphatic carbocycles. The maximum Gasteiger partial charge on any atom is 0.267 e. The molecule has 0 spiro atoms. The Morgan fingerprint density at radius 1 is 1.50 bits per heavy atom. The van der Waals surface area contributed by atoms with Crippen LogP contribution in [0.4, 0.5) is 5.82 Å². The molecule has 0 radical (unpaired) electrons. The van der Waals surface area contributed by atoms with Crippen molar-refractivity contribution in [2.24, 2.45) is 5.92 Å². The molecule has 2 atom stereocenters. The number of rotatable bonds is 1. The van der Waals surface area contributed by atoms with Crippen molar-refractivity contribution >= 4 is 21.7 Å². The van der Waals surface area contributed by atoms with E-state index in [2.05, 4.69) is 36.1 Å². The van der Waals surface area contributed by atoms with Gasteiger partial charge in [-0.2, -0.15) is 0 Å². The first kappa shape index (κ1) is 10.3. The fraction of sp³-hybridized carbons (Fsp3) is 0.600. The number of hydrogen-bond acceptors (Lipinski definition) is 4. The molecular formula is C10H13BrN4O. The summed E-state index contributed by atoms with van der Waals surface area (Å²) in [7, 11) is 0. The van der Waals surface area contributed by atoms with Crippen LogP contribution in [0.1, 0.15) is 6.42 Å². The summed E-state index contributed by atoms with van der Waals surface area (Å²) in [6, 6.07) is 0.491. The Morgan fingerprint density at radius 3 is 3.25 bits per heavy atom. The summed E-state index contributed by atoms with van der Waals surface area (Å²) < 4.78 is 0.544. The van der Waals surface area contributed by atoms with Crippen molar-refractivity contribution in [3.63, 3.8) is 0 Å². The Kier molecular flexibility index (Phi) is 2.48. The largest absolute Gasteiger partial charge is 0.351 e. The van der Waals surface area contributed by atoms with Gasteiger partial charge < -0.3 is 15.2 Å². The monoisotopic (exact) mass is 284 g/mol. The molecule has 86 valence electrons. The topological polar surface area (TPSA) is 61.0 Å². The molecule has 0 bridgehead atoms. The van der Waals surface area contributed by atoms with E-state index in [0.29, 0.717) is 16.4 Å². The lowest BCUT2D eigenvalue weighted by molar-refractivity contribution is 0.577. The molecule has 1 aromatic rings. The second kappa shape index (κ2) is 3.85. The van der Waals surface area contributed by atoms with Crippen LogP contribution in [-0.4, -0.2) is 35.6 Å². The lowest BCUT2D eigenvalue weighted by Gasteiger charge is -2.24. The van der Waals surface area contributed by atoms with Crippen LogP contribution >= 0.6 is 15.9 Å². The SMILES string of the molecule is O=c1[nH]cnc(N2CC[C@H]3CNC[C@H]32)c1Br. The predicted molar refractivity (Wildman–Crippen MR) is 64.7 cm³/mol. The molecule has 3 heterocycles. The zero-order valence-electron chi connectivity index (χ0n) is 8.74. The molecule has 3 rings (SSSR count). The number of halogens is 1. The minimum Gasteiger partial charge on any atom is -0.351 e. The molecule has 5 nitrogen and oxygen atoms in total. The predicted octanol–water partition coefficient (Wildman–Crippen LogP) is 0.331. The molecule has 2 N–H and O–H groups in total. The molecule has 1 aromatic heterocycles. The molecule has 0 saturated carbocycles. The summed E-state index contributed by atoms with van der Waals surface area (Å²) in [6.07, 6.45) is 2.65. The summed E-state index contributed by atoms with van der Waals surface area (Å²) in [4.78, 5) is 20.6. The first-order valence-corrected chi connectivity index (χ1v) is 6.27. The maximum absolute atomic E-state index is 11.5. The van der Waals surface area contributed by atoms with E-state index in [1.165, 1.54) is 12.7 Å². The van der Waals surface area contributed by atoms with E-state index < -0.39 is 0 Å². The van der Waals surface area contributed by atoms with Gasteiger partial charge in [0.05, 0.1) is 6.33 Å². The summed E-state index contributed by atoms with van der Waals surface area (Å²) in [5.41, 5.74) is -0.112. The zero-order valence-corrected chi connectivity index (χ0v) is 10.3. The molecule has 2 saturated heterocycles. The molecular weight excluding hydrogens is 272 g/mol. The number of H-pyrrole nitrogens is 1. The van der Waals surface area contributed by atoms with Gasteiger partial charge >= 0.3 is 0 Å². The van der Waals surface area contributed by atoms with Gasteiger partial charge in [0.2, 0.25) is 0 Å². The second-order valence-corrected chi connectivity index (χ2v) is 5.13. The molecule has 0 unspecified atom stereocenters. The van der Waals surface area contributed by atoms with Gasteiger partial charge in [-0.05, 0) is 28.3 Å². The molecule has 16 heavy (non-hydrogen) atoms. The van der Waals surface area contributed by atoms with Crippen molar-refractivity contribution in [2.45, 2.75) is 12.5 Å². The summed E-state index contributed by atoms with van der Waals surface area (Å²) >= 11 is 3.32. The van der Waals surface area contributed by atoms with Crippen molar-refractivity contribution in [1.82, 2.24) is 15.3 Å². The van der Waals surface area contributed by atoms with Gasteiger partial charge in [-0.3, -0.25) is 4.79 Å². The van der Waals surface area contributed by atoms with Crippen molar-refractivity contribution in [2.75, 3.05) is 24.5 Å². The zero-order chi connectivity index (χ0) is 11.1. The van der Waals surface area contributed by atoms with Crippen LogP contribution in [0, 0.1) is 5.92 Å². The van der Waals surface area contributed by atoms with E-state index in [0.717, 1.165) is 25.5 Å². The van der Waals surface area contributed by atoms with Crippen LogP contribution in [0.3, 0.4) is 0 Å². The van der Waals surface area contributed by atoms with Crippen LogP contribution in [0.25, 0.3) is 0 Å². The maximum atomic E-state index is 11.5. The second-order valence-electron chi connectivity index (χ2n) is 4.34. The normalized spacial score (nSPS) is 28.4. The molecule has 2 aliphatic rings. The molecule has 2 aliphatic heterocycles. The van der Waals surface area contributed by atoms with Gasteiger partial charge in [0.1, 0.15) is 4.47 Å². The number of fused-ring (bicyclic) bond motifs is 1. The summed E-state index contributed by atoms with van der Waals surface area (Å²) in [5.74, 6) is 1.48. The first-order chi connectivity index (χ1) is 7.77. The molecule has 0 aromatic carbocycles. The van der Waals surface area contributed by atoms with Crippen molar-refractivity contribution < 1.29 is 0 Å². The molecule has 0 amide bonds. The smallest absolute Gasteiger partial charge is 0.267 e. The highest BCUT2D eigenvalue weighted by molar-refractivity contribution is 9.10. The highest BCUT2D eigenvalue weighted by atomic mass is 79.9. The van der Waals surface area contributed by atoms with Crippen LogP contribution in [0.2, 0.25) is 0 Å². The van der Waals surface area contributed by atoms with E-state index in [1.807, 2.05) is 0 Å². The van der Waals surface area contributed by atoms with Gasteiger partial charge in [-0.1, -0.05) is 0 Å². The van der Waals surface area contributed by atoms with Crippen LogP contribution in [0.15, 0.2) is 15.6 Å². The minimum absolute atomic E-state index is 0.112. The van der Waals surface area contributed by atoms with Crippen LogP contribution < -0.4 is 15.8 Å². The number of nitrogens with zero attached hydrogens (tertiary/aromatic N) is 2. The van der Waals surface area contributed by atoms with E-state index in [4.69, 9.17) is 0 Å². The highest BCUT2D eigenvalue weighted by Crippen LogP contribution is 2.32. The Hall–Kier alpha value is -0.880. The van der Waals surface area contributed by atoms with Crippen LogP contribution in [-0.2, 0) is 0 Å². The Bertz CT molecular complexity index is 460. The van der Waals surface area contributed by atoms with Gasteiger partial charge in [-0.25, -0.2) is 4.98 Å². The van der Waals surface area contributed by atoms with E-state index in [1.54, 1.807) is 0 Å². The van der Waals surface area contributed by atoms with Gasteiger partial charge in [-0.15, -0.1) is 0 Å². The van der Waals surface area contributed by atoms with E-state index in [-0.39, 0.29) is 5.56 Å². The van der Waals surface area contributed by atoms with Crippen molar-refractivity contribution in [3.05, 3.63) is 21.2 Å². The molecule has 6 heteroatoms. The molecule has 2 fully saturated rings. The quantitative estimate of drug-likeness (QED) is 0.780. The highest BCUT2D eigenvalue weighted by Gasteiger charge is 2.38.